The largest absolute Gasteiger partial charge is 0.491 e. The molecule has 2 amide bonds. The second kappa shape index (κ2) is 11.0. The lowest BCUT2D eigenvalue weighted by molar-refractivity contribution is -0.123. The maximum atomic E-state index is 12.2. The first-order valence-electron chi connectivity index (χ1n) is 9.23. The lowest BCUT2D eigenvalue weighted by atomic mass is 10.2. The van der Waals surface area contributed by atoms with Crippen molar-refractivity contribution in [3.05, 3.63) is 59.7 Å². The van der Waals surface area contributed by atoms with E-state index in [-0.39, 0.29) is 17.8 Å². The minimum atomic E-state index is -0.436. The highest BCUT2D eigenvalue weighted by Gasteiger charge is 2.10. The predicted molar refractivity (Wildman–Crippen MR) is 115 cm³/mol. The van der Waals surface area contributed by atoms with Crippen molar-refractivity contribution in [2.75, 3.05) is 6.61 Å². The van der Waals surface area contributed by atoms with Crippen LogP contribution in [0, 0.1) is 6.92 Å². The molecular formula is C21H25N3O4S. The predicted octanol–water partition coefficient (Wildman–Crippen LogP) is 2.89. The summed E-state index contributed by atoms with van der Waals surface area (Å²) in [5.41, 5.74) is 6.29. The van der Waals surface area contributed by atoms with Crippen LogP contribution in [0.1, 0.15) is 36.2 Å². The standard InChI is InChI=1S/C21H25N3O4S/c1-4-15(3)28-17-10-8-16(9-11-17)20(26)22-21(29)24-23-19(25)13-27-18-7-5-6-14(2)12-18/h5-12,15H,4,13H2,1-3H3,(H,23,25)(H2,22,24,26,29). The number of benzene rings is 2. The number of amides is 2. The Labute approximate surface area is 175 Å². The number of hydrogen-bond acceptors (Lipinski definition) is 5. The Kier molecular flexibility index (Phi) is 8.42. The van der Waals surface area contributed by atoms with Gasteiger partial charge in [0.2, 0.25) is 0 Å². The smallest absolute Gasteiger partial charge is 0.276 e. The van der Waals surface area contributed by atoms with Crippen molar-refractivity contribution in [3.63, 3.8) is 0 Å². The zero-order chi connectivity index (χ0) is 21.2. The summed E-state index contributed by atoms with van der Waals surface area (Å²) in [5.74, 6) is 0.451. The van der Waals surface area contributed by atoms with Crippen molar-refractivity contribution in [3.8, 4) is 11.5 Å². The molecule has 154 valence electrons. The van der Waals surface area contributed by atoms with E-state index in [1.54, 1.807) is 30.3 Å². The lowest BCUT2D eigenvalue weighted by Crippen LogP contribution is -2.49. The lowest BCUT2D eigenvalue weighted by Gasteiger charge is -2.13. The molecule has 0 spiro atoms. The highest BCUT2D eigenvalue weighted by Crippen LogP contribution is 2.15. The molecule has 1 atom stereocenters. The molecule has 0 fully saturated rings. The fraction of sp³-hybridized carbons (Fsp3) is 0.286. The highest BCUT2D eigenvalue weighted by molar-refractivity contribution is 7.80. The Bertz CT molecular complexity index is 855. The third-order valence-electron chi connectivity index (χ3n) is 3.93. The number of ether oxygens (including phenoxy) is 2. The van der Waals surface area contributed by atoms with Gasteiger partial charge in [0, 0.05) is 5.56 Å². The third-order valence-corrected chi connectivity index (χ3v) is 4.13. The van der Waals surface area contributed by atoms with Gasteiger partial charge in [0.05, 0.1) is 6.10 Å². The van der Waals surface area contributed by atoms with Gasteiger partial charge in [-0.3, -0.25) is 25.8 Å². The Morgan fingerprint density at radius 3 is 2.45 bits per heavy atom. The fourth-order valence-corrected chi connectivity index (χ4v) is 2.37. The number of thiocarbonyl (C=S) groups is 1. The highest BCUT2D eigenvalue weighted by atomic mass is 32.1. The van der Waals surface area contributed by atoms with Crippen molar-refractivity contribution in [1.82, 2.24) is 16.2 Å². The van der Waals surface area contributed by atoms with Crippen molar-refractivity contribution in [2.24, 2.45) is 0 Å². The van der Waals surface area contributed by atoms with Crippen LogP contribution in [0.15, 0.2) is 48.5 Å². The van der Waals surface area contributed by atoms with E-state index in [0.29, 0.717) is 17.1 Å². The molecule has 8 heteroatoms. The average molecular weight is 416 g/mol. The van der Waals surface area contributed by atoms with Crippen molar-refractivity contribution in [2.45, 2.75) is 33.3 Å². The number of nitrogens with one attached hydrogen (secondary N) is 3. The Balaban J connectivity index is 1.73. The molecule has 29 heavy (non-hydrogen) atoms. The maximum Gasteiger partial charge on any atom is 0.276 e. The molecule has 0 heterocycles. The molecule has 0 radical (unpaired) electrons. The number of hydrogen-bond donors (Lipinski definition) is 3. The first-order valence-corrected chi connectivity index (χ1v) is 9.64. The van der Waals surface area contributed by atoms with Gasteiger partial charge < -0.3 is 9.47 Å². The van der Waals surface area contributed by atoms with Crippen LogP contribution in [0.2, 0.25) is 0 Å². The monoisotopic (exact) mass is 415 g/mol. The summed E-state index contributed by atoms with van der Waals surface area (Å²) in [6.45, 7) is 5.76. The summed E-state index contributed by atoms with van der Waals surface area (Å²) in [5, 5.41) is 2.46. The number of rotatable bonds is 7. The summed E-state index contributed by atoms with van der Waals surface area (Å²) in [4.78, 5) is 24.0. The molecule has 2 aromatic rings. The Morgan fingerprint density at radius 1 is 1.07 bits per heavy atom. The van der Waals surface area contributed by atoms with E-state index >= 15 is 0 Å². The zero-order valence-corrected chi connectivity index (χ0v) is 17.5. The Morgan fingerprint density at radius 2 is 1.79 bits per heavy atom. The number of carbonyl (C=O) groups is 2. The van der Waals surface area contributed by atoms with Crippen molar-refractivity contribution < 1.29 is 19.1 Å². The van der Waals surface area contributed by atoms with Crippen LogP contribution in [0.3, 0.4) is 0 Å². The van der Waals surface area contributed by atoms with E-state index in [9.17, 15) is 9.59 Å². The summed E-state index contributed by atoms with van der Waals surface area (Å²) in [6.07, 6.45) is 0.995. The van der Waals surface area contributed by atoms with Gasteiger partial charge in [0.1, 0.15) is 11.5 Å². The number of carbonyl (C=O) groups excluding carboxylic acids is 2. The molecule has 1 unspecified atom stereocenters. The van der Waals surface area contributed by atoms with Gasteiger partial charge in [0.25, 0.3) is 11.8 Å². The van der Waals surface area contributed by atoms with Crippen LogP contribution >= 0.6 is 12.2 Å². The molecule has 0 saturated carbocycles. The molecule has 0 aliphatic rings. The Hall–Kier alpha value is -3.13. The van der Waals surface area contributed by atoms with Crippen LogP contribution in [0.25, 0.3) is 0 Å². The van der Waals surface area contributed by atoms with E-state index in [0.717, 1.165) is 12.0 Å². The molecule has 0 aliphatic carbocycles. The molecule has 0 aromatic heterocycles. The van der Waals surface area contributed by atoms with E-state index < -0.39 is 11.8 Å². The summed E-state index contributed by atoms with van der Waals surface area (Å²) >= 11 is 5.02. The zero-order valence-electron chi connectivity index (χ0n) is 16.7. The van der Waals surface area contributed by atoms with Gasteiger partial charge in [-0.1, -0.05) is 19.1 Å². The van der Waals surface area contributed by atoms with Gasteiger partial charge in [-0.25, -0.2) is 0 Å². The molecule has 2 aromatic carbocycles. The minimum absolute atomic E-state index is 0.0289. The molecule has 2 rings (SSSR count). The van der Waals surface area contributed by atoms with Crippen LogP contribution in [0.5, 0.6) is 11.5 Å². The van der Waals surface area contributed by atoms with E-state index in [1.165, 1.54) is 0 Å². The van der Waals surface area contributed by atoms with Crippen LogP contribution in [0.4, 0.5) is 0 Å². The molecule has 0 saturated heterocycles. The minimum Gasteiger partial charge on any atom is -0.491 e. The number of aryl methyl sites for hydroxylation is 1. The van der Waals surface area contributed by atoms with Crippen molar-refractivity contribution >= 4 is 29.1 Å². The second-order valence-electron chi connectivity index (χ2n) is 6.42. The molecule has 3 N–H and O–H groups in total. The summed E-state index contributed by atoms with van der Waals surface area (Å²) in [7, 11) is 0. The summed E-state index contributed by atoms with van der Waals surface area (Å²) < 4.78 is 11.1. The molecule has 0 aliphatic heterocycles. The van der Waals surface area contributed by atoms with Crippen molar-refractivity contribution in [1.29, 1.82) is 0 Å². The SMILES string of the molecule is CCC(C)Oc1ccc(C(=O)NC(=S)NNC(=O)COc2cccc(C)c2)cc1. The number of hydrazine groups is 1. The van der Waals surface area contributed by atoms with Gasteiger partial charge in [-0.2, -0.15) is 0 Å². The van der Waals surface area contributed by atoms with E-state index in [2.05, 4.69) is 16.2 Å². The third kappa shape index (κ3) is 7.79. The van der Waals surface area contributed by atoms with Gasteiger partial charge in [-0.05, 0) is 74.4 Å². The normalized spacial score (nSPS) is 11.1. The average Bonchev–Trinajstić information content (AvgIpc) is 2.71. The topological polar surface area (TPSA) is 88.7 Å². The van der Waals surface area contributed by atoms with Gasteiger partial charge >= 0.3 is 0 Å². The first kappa shape index (κ1) is 22.2. The summed E-state index contributed by atoms with van der Waals surface area (Å²) in [6, 6.07) is 14.1. The van der Waals surface area contributed by atoms with E-state index in [4.69, 9.17) is 21.7 Å². The quantitative estimate of drug-likeness (QED) is 0.476. The van der Waals surface area contributed by atoms with Crippen LogP contribution in [-0.4, -0.2) is 29.6 Å². The molecule has 0 bridgehead atoms. The first-order chi connectivity index (χ1) is 13.9. The van der Waals surface area contributed by atoms with Crippen LogP contribution in [-0.2, 0) is 4.79 Å². The molecule has 7 nitrogen and oxygen atoms in total. The van der Waals surface area contributed by atoms with Gasteiger partial charge in [-0.15, -0.1) is 0 Å². The van der Waals surface area contributed by atoms with Gasteiger partial charge in [0.15, 0.2) is 11.7 Å². The molecular weight excluding hydrogens is 390 g/mol. The maximum absolute atomic E-state index is 12.2. The fourth-order valence-electron chi connectivity index (χ4n) is 2.22. The second-order valence-corrected chi connectivity index (χ2v) is 6.83. The van der Waals surface area contributed by atoms with E-state index in [1.807, 2.05) is 39.0 Å². The van der Waals surface area contributed by atoms with Crippen LogP contribution < -0.4 is 25.6 Å².